The second kappa shape index (κ2) is 5.94. The van der Waals surface area contributed by atoms with Gasteiger partial charge in [-0.15, -0.1) is 11.3 Å². The van der Waals surface area contributed by atoms with Gasteiger partial charge in [-0.1, -0.05) is 18.9 Å². The first kappa shape index (κ1) is 13.6. The molecular formula is C15H18N2O2S. The van der Waals surface area contributed by atoms with E-state index in [9.17, 15) is 10.1 Å². The van der Waals surface area contributed by atoms with Crippen LogP contribution in [-0.2, 0) is 9.53 Å². The highest BCUT2D eigenvalue weighted by Gasteiger charge is 2.34. The van der Waals surface area contributed by atoms with Crippen LogP contribution in [0.5, 0.6) is 0 Å². The van der Waals surface area contributed by atoms with E-state index < -0.39 is 5.92 Å². The molecule has 1 amide bonds. The fourth-order valence-electron chi connectivity index (χ4n) is 2.61. The van der Waals surface area contributed by atoms with E-state index in [-0.39, 0.29) is 12.0 Å². The fraction of sp³-hybridized carbons (Fsp3) is 0.600. The second-order valence-electron chi connectivity index (χ2n) is 5.52. The Bertz CT molecular complexity index is 504. The average Bonchev–Trinajstić information content (AvgIpc) is 3.14. The minimum atomic E-state index is -0.468. The number of morpholine rings is 1. The van der Waals surface area contributed by atoms with Gasteiger partial charge < -0.3 is 9.64 Å². The lowest BCUT2D eigenvalue weighted by atomic mass is 10.0. The SMILES string of the molecule is N#C[C@@H](CC1CC1)C(=O)N1CCO[C@@H](c2cccs2)C1. The van der Waals surface area contributed by atoms with Crippen LogP contribution in [0.3, 0.4) is 0 Å². The van der Waals surface area contributed by atoms with Crippen molar-refractivity contribution in [1.29, 1.82) is 5.26 Å². The molecule has 1 aliphatic carbocycles. The van der Waals surface area contributed by atoms with Gasteiger partial charge in [-0.2, -0.15) is 5.26 Å². The van der Waals surface area contributed by atoms with Gasteiger partial charge in [-0.05, 0) is 23.8 Å². The lowest BCUT2D eigenvalue weighted by molar-refractivity contribution is -0.141. The summed E-state index contributed by atoms with van der Waals surface area (Å²) in [5, 5.41) is 11.2. The second-order valence-corrected chi connectivity index (χ2v) is 6.50. The molecule has 2 atom stereocenters. The first-order valence-corrected chi connectivity index (χ1v) is 7.99. The van der Waals surface area contributed by atoms with E-state index in [0.29, 0.717) is 25.6 Å². The molecule has 2 aliphatic rings. The minimum absolute atomic E-state index is 0.00995. The molecule has 1 aromatic heterocycles. The molecule has 1 saturated carbocycles. The van der Waals surface area contributed by atoms with E-state index in [1.54, 1.807) is 11.3 Å². The zero-order valence-corrected chi connectivity index (χ0v) is 12.1. The average molecular weight is 290 g/mol. The predicted octanol–water partition coefficient (Wildman–Crippen LogP) is 2.59. The topological polar surface area (TPSA) is 53.3 Å². The maximum atomic E-state index is 12.5. The summed E-state index contributed by atoms with van der Waals surface area (Å²) in [5.74, 6) is 0.117. The molecule has 0 radical (unpaired) electrons. The van der Waals surface area contributed by atoms with Crippen LogP contribution >= 0.6 is 11.3 Å². The fourth-order valence-corrected chi connectivity index (χ4v) is 3.38. The summed E-state index contributed by atoms with van der Waals surface area (Å²) in [5.41, 5.74) is 0. The molecule has 5 heteroatoms. The summed E-state index contributed by atoms with van der Waals surface area (Å²) in [6.45, 7) is 1.72. The molecule has 1 aliphatic heterocycles. The number of carbonyl (C=O) groups is 1. The molecule has 0 unspecified atom stereocenters. The molecule has 0 spiro atoms. The van der Waals surface area contributed by atoms with E-state index in [2.05, 4.69) is 6.07 Å². The Morgan fingerprint density at radius 2 is 2.45 bits per heavy atom. The van der Waals surface area contributed by atoms with E-state index in [1.807, 2.05) is 22.4 Å². The largest absolute Gasteiger partial charge is 0.369 e. The molecule has 106 valence electrons. The van der Waals surface area contributed by atoms with Gasteiger partial charge in [0.2, 0.25) is 5.91 Å². The predicted molar refractivity (Wildman–Crippen MR) is 76.0 cm³/mol. The Balaban J connectivity index is 1.63. The molecule has 0 N–H and O–H groups in total. The summed E-state index contributed by atoms with van der Waals surface area (Å²) in [4.78, 5) is 15.4. The smallest absolute Gasteiger partial charge is 0.240 e. The van der Waals surface area contributed by atoms with Crippen LogP contribution < -0.4 is 0 Å². The maximum absolute atomic E-state index is 12.5. The Labute approximate surface area is 123 Å². The van der Waals surface area contributed by atoms with Crippen LogP contribution in [0.2, 0.25) is 0 Å². The van der Waals surface area contributed by atoms with Crippen molar-refractivity contribution >= 4 is 17.2 Å². The molecular weight excluding hydrogens is 272 g/mol. The summed E-state index contributed by atoms with van der Waals surface area (Å²) in [6.07, 6.45) is 3.04. The first-order chi connectivity index (χ1) is 9.78. The monoisotopic (exact) mass is 290 g/mol. The summed E-state index contributed by atoms with van der Waals surface area (Å²) < 4.78 is 5.74. The number of amides is 1. The first-order valence-electron chi connectivity index (χ1n) is 7.11. The van der Waals surface area contributed by atoms with Crippen molar-refractivity contribution < 1.29 is 9.53 Å². The van der Waals surface area contributed by atoms with Crippen molar-refractivity contribution in [1.82, 2.24) is 4.90 Å². The highest BCUT2D eigenvalue weighted by atomic mass is 32.1. The standard InChI is InChI=1S/C15H18N2O2S/c16-9-12(8-11-3-4-11)15(18)17-5-6-19-13(10-17)14-2-1-7-20-14/h1-2,7,11-13H,3-6,8,10H2/t12-,13-/m1/s1. The number of nitriles is 1. The number of thiophene rings is 1. The number of ether oxygens (including phenoxy) is 1. The van der Waals surface area contributed by atoms with Gasteiger partial charge in [0.15, 0.2) is 0 Å². The van der Waals surface area contributed by atoms with Gasteiger partial charge in [0, 0.05) is 11.4 Å². The van der Waals surface area contributed by atoms with E-state index in [0.717, 1.165) is 11.3 Å². The van der Waals surface area contributed by atoms with Gasteiger partial charge in [-0.25, -0.2) is 0 Å². The van der Waals surface area contributed by atoms with Crippen molar-refractivity contribution in [2.24, 2.45) is 11.8 Å². The quantitative estimate of drug-likeness (QED) is 0.856. The van der Waals surface area contributed by atoms with Crippen molar-refractivity contribution in [3.8, 4) is 6.07 Å². The van der Waals surface area contributed by atoms with Crippen LogP contribution in [0.1, 0.15) is 30.2 Å². The lowest BCUT2D eigenvalue weighted by Gasteiger charge is -2.33. The maximum Gasteiger partial charge on any atom is 0.240 e. The van der Waals surface area contributed by atoms with Crippen LogP contribution in [0, 0.1) is 23.2 Å². The zero-order chi connectivity index (χ0) is 13.9. The third-order valence-corrected chi connectivity index (χ3v) is 4.92. The molecule has 3 rings (SSSR count). The summed E-state index contributed by atoms with van der Waals surface area (Å²) in [7, 11) is 0. The Morgan fingerprint density at radius 3 is 3.10 bits per heavy atom. The Hall–Kier alpha value is -1.38. The van der Waals surface area contributed by atoms with Crippen molar-refractivity contribution in [2.45, 2.75) is 25.4 Å². The zero-order valence-electron chi connectivity index (χ0n) is 11.3. The van der Waals surface area contributed by atoms with E-state index in [1.165, 1.54) is 12.8 Å². The minimum Gasteiger partial charge on any atom is -0.369 e. The number of rotatable bonds is 4. The van der Waals surface area contributed by atoms with E-state index in [4.69, 9.17) is 4.74 Å². The van der Waals surface area contributed by atoms with Gasteiger partial charge in [0.25, 0.3) is 0 Å². The third-order valence-electron chi connectivity index (χ3n) is 3.96. The highest BCUT2D eigenvalue weighted by Crippen LogP contribution is 2.36. The summed E-state index contributed by atoms with van der Waals surface area (Å²) in [6, 6.07) is 6.22. The molecule has 4 nitrogen and oxygen atoms in total. The normalized spacial score (nSPS) is 24.1. The van der Waals surface area contributed by atoms with Crippen LogP contribution in [0.15, 0.2) is 17.5 Å². The van der Waals surface area contributed by atoms with Gasteiger partial charge in [-0.3, -0.25) is 4.79 Å². The molecule has 2 heterocycles. The van der Waals surface area contributed by atoms with E-state index >= 15 is 0 Å². The summed E-state index contributed by atoms with van der Waals surface area (Å²) >= 11 is 1.65. The van der Waals surface area contributed by atoms with Crippen molar-refractivity contribution in [3.63, 3.8) is 0 Å². The number of nitrogens with zero attached hydrogens (tertiary/aromatic N) is 2. The lowest BCUT2D eigenvalue weighted by Crippen LogP contribution is -2.44. The molecule has 20 heavy (non-hydrogen) atoms. The van der Waals surface area contributed by atoms with Crippen LogP contribution in [-0.4, -0.2) is 30.5 Å². The highest BCUT2D eigenvalue weighted by molar-refractivity contribution is 7.10. The molecule has 0 aromatic carbocycles. The number of carbonyl (C=O) groups excluding carboxylic acids is 1. The number of hydrogen-bond donors (Lipinski definition) is 0. The molecule has 1 saturated heterocycles. The Morgan fingerprint density at radius 1 is 1.60 bits per heavy atom. The van der Waals surface area contributed by atoms with Gasteiger partial charge in [0.1, 0.15) is 12.0 Å². The third kappa shape index (κ3) is 3.02. The molecule has 2 fully saturated rings. The van der Waals surface area contributed by atoms with Crippen molar-refractivity contribution in [2.75, 3.05) is 19.7 Å². The van der Waals surface area contributed by atoms with Crippen molar-refractivity contribution in [3.05, 3.63) is 22.4 Å². The van der Waals surface area contributed by atoms with Gasteiger partial charge in [0.05, 0.1) is 19.2 Å². The molecule has 0 bridgehead atoms. The van der Waals surface area contributed by atoms with Crippen LogP contribution in [0.25, 0.3) is 0 Å². The number of hydrogen-bond acceptors (Lipinski definition) is 4. The Kier molecular flexibility index (Phi) is 4.04. The molecule has 1 aromatic rings. The van der Waals surface area contributed by atoms with Gasteiger partial charge >= 0.3 is 0 Å². The van der Waals surface area contributed by atoms with Crippen LogP contribution in [0.4, 0.5) is 0 Å².